The molecule has 4 rings (SSSR count). The predicted molar refractivity (Wildman–Crippen MR) is 110 cm³/mol. The second kappa shape index (κ2) is 7.89. The molecule has 5 heteroatoms. The Morgan fingerprint density at radius 1 is 1.14 bits per heavy atom. The molecule has 0 bridgehead atoms. The van der Waals surface area contributed by atoms with E-state index in [-0.39, 0.29) is 18.1 Å². The first-order chi connectivity index (χ1) is 13.6. The van der Waals surface area contributed by atoms with Crippen LogP contribution in [0.25, 0.3) is 0 Å². The summed E-state index contributed by atoms with van der Waals surface area (Å²) in [6.45, 7) is 3.90. The van der Waals surface area contributed by atoms with Crippen molar-refractivity contribution in [2.24, 2.45) is 0 Å². The Morgan fingerprint density at radius 2 is 1.93 bits per heavy atom. The minimum absolute atomic E-state index is 0.00165. The second-order valence-corrected chi connectivity index (χ2v) is 7.38. The van der Waals surface area contributed by atoms with E-state index in [9.17, 15) is 4.79 Å². The summed E-state index contributed by atoms with van der Waals surface area (Å²) in [6.07, 6.45) is 4.95. The van der Waals surface area contributed by atoms with Gasteiger partial charge in [-0.15, -0.1) is 0 Å². The third-order valence-electron chi connectivity index (χ3n) is 5.04. The summed E-state index contributed by atoms with van der Waals surface area (Å²) in [5.74, 6) is 1.09. The number of hydrogen-bond acceptors (Lipinski definition) is 3. The van der Waals surface area contributed by atoms with Gasteiger partial charge < -0.3 is 10.1 Å². The highest BCUT2D eigenvalue weighted by atomic mass is 16.5. The largest absolute Gasteiger partial charge is 0.490 e. The van der Waals surface area contributed by atoms with Crippen molar-refractivity contribution < 1.29 is 9.53 Å². The molecule has 1 amide bonds. The van der Waals surface area contributed by atoms with Crippen LogP contribution in [0.2, 0.25) is 0 Å². The van der Waals surface area contributed by atoms with Gasteiger partial charge in [-0.25, -0.2) is 4.68 Å². The van der Waals surface area contributed by atoms with Crippen molar-refractivity contribution in [3.8, 4) is 5.75 Å². The van der Waals surface area contributed by atoms with Crippen molar-refractivity contribution in [2.45, 2.75) is 45.3 Å². The van der Waals surface area contributed by atoms with Gasteiger partial charge in [0.1, 0.15) is 11.6 Å². The lowest BCUT2D eigenvalue weighted by Crippen LogP contribution is -2.23. The van der Waals surface area contributed by atoms with Crippen LogP contribution < -0.4 is 10.1 Å². The van der Waals surface area contributed by atoms with E-state index in [1.165, 1.54) is 11.1 Å². The van der Waals surface area contributed by atoms with Crippen molar-refractivity contribution in [3.63, 3.8) is 0 Å². The van der Waals surface area contributed by atoms with Crippen molar-refractivity contribution in [1.29, 1.82) is 0 Å². The summed E-state index contributed by atoms with van der Waals surface area (Å²) in [5.41, 5.74) is 3.17. The van der Waals surface area contributed by atoms with Crippen LogP contribution in [0.4, 0.5) is 5.82 Å². The summed E-state index contributed by atoms with van der Waals surface area (Å²) < 4.78 is 7.73. The maximum Gasteiger partial charge on any atom is 0.260 e. The molecule has 5 nitrogen and oxygen atoms in total. The highest BCUT2D eigenvalue weighted by Crippen LogP contribution is 2.34. The summed E-state index contributed by atoms with van der Waals surface area (Å²) in [5, 5.41) is 7.56. The van der Waals surface area contributed by atoms with Crippen molar-refractivity contribution >= 4 is 11.7 Å². The number of rotatable bonds is 5. The van der Waals surface area contributed by atoms with E-state index in [0.29, 0.717) is 17.1 Å². The van der Waals surface area contributed by atoms with E-state index in [2.05, 4.69) is 34.7 Å². The molecule has 1 unspecified atom stereocenters. The van der Waals surface area contributed by atoms with E-state index in [4.69, 9.17) is 4.74 Å². The molecule has 3 aromatic rings. The zero-order chi connectivity index (χ0) is 19.5. The average Bonchev–Trinajstić information content (AvgIpc) is 3.15. The molecular formula is C23H25N3O2. The number of para-hydroxylation sites is 1. The third kappa shape index (κ3) is 3.65. The lowest BCUT2D eigenvalue weighted by atomic mass is 9.88. The molecule has 28 heavy (non-hydrogen) atoms. The number of anilines is 1. The van der Waals surface area contributed by atoms with Gasteiger partial charge in [-0.1, -0.05) is 36.4 Å². The number of nitrogens with zero attached hydrogens (tertiary/aromatic N) is 2. The normalized spacial score (nSPS) is 15.9. The van der Waals surface area contributed by atoms with Crippen LogP contribution in [-0.2, 0) is 6.42 Å². The molecule has 1 aliphatic carbocycles. The standard InChI is InChI=1S/C23H25N3O2/c1-16(2)28-21-13-6-5-11-19(21)23(27)25-22-14-15-24-26(22)20-12-7-9-17-8-3-4-10-18(17)20/h3-6,8,10-11,13-16,20H,7,9,12H2,1-2H3,(H,25,27). The predicted octanol–water partition coefficient (Wildman–Crippen LogP) is 4.85. The van der Waals surface area contributed by atoms with Gasteiger partial charge >= 0.3 is 0 Å². The number of fused-ring (bicyclic) bond motifs is 1. The minimum Gasteiger partial charge on any atom is -0.490 e. The van der Waals surface area contributed by atoms with Gasteiger partial charge in [-0.05, 0) is 56.4 Å². The first-order valence-electron chi connectivity index (χ1n) is 9.82. The average molecular weight is 375 g/mol. The number of aryl methyl sites for hydroxylation is 1. The molecule has 0 saturated carbocycles. The second-order valence-electron chi connectivity index (χ2n) is 7.38. The van der Waals surface area contributed by atoms with Gasteiger partial charge in [0, 0.05) is 6.07 Å². The molecule has 0 fully saturated rings. The molecule has 0 radical (unpaired) electrons. The molecule has 0 aliphatic heterocycles. The Kier molecular flexibility index (Phi) is 5.15. The van der Waals surface area contributed by atoms with Crippen LogP contribution >= 0.6 is 0 Å². The van der Waals surface area contributed by atoms with Crippen LogP contribution in [0.15, 0.2) is 60.8 Å². The Hall–Kier alpha value is -3.08. The molecule has 1 atom stereocenters. The topological polar surface area (TPSA) is 56.1 Å². The fourth-order valence-electron chi connectivity index (χ4n) is 3.84. The van der Waals surface area contributed by atoms with Crippen LogP contribution in [0.1, 0.15) is 54.2 Å². The van der Waals surface area contributed by atoms with E-state index in [1.807, 2.05) is 42.8 Å². The zero-order valence-electron chi connectivity index (χ0n) is 16.3. The van der Waals surface area contributed by atoms with E-state index in [1.54, 1.807) is 12.3 Å². The van der Waals surface area contributed by atoms with E-state index >= 15 is 0 Å². The number of aromatic nitrogens is 2. The highest BCUT2D eigenvalue weighted by Gasteiger charge is 2.24. The molecule has 1 heterocycles. The smallest absolute Gasteiger partial charge is 0.260 e. The molecule has 0 spiro atoms. The van der Waals surface area contributed by atoms with Gasteiger partial charge in [0.05, 0.1) is 23.9 Å². The number of benzene rings is 2. The lowest BCUT2D eigenvalue weighted by Gasteiger charge is -2.27. The Labute approximate surface area is 165 Å². The van der Waals surface area contributed by atoms with Crippen molar-refractivity contribution in [2.75, 3.05) is 5.32 Å². The Bertz CT molecular complexity index is 977. The number of hydrogen-bond donors (Lipinski definition) is 1. The number of nitrogens with one attached hydrogen (secondary N) is 1. The van der Waals surface area contributed by atoms with Gasteiger partial charge in [0.15, 0.2) is 0 Å². The highest BCUT2D eigenvalue weighted by molar-refractivity contribution is 6.05. The summed E-state index contributed by atoms with van der Waals surface area (Å²) in [6, 6.07) is 17.8. The van der Waals surface area contributed by atoms with Gasteiger partial charge in [0.2, 0.25) is 0 Å². The van der Waals surface area contributed by atoms with Crippen LogP contribution in [0.5, 0.6) is 5.75 Å². The van der Waals surface area contributed by atoms with Crippen LogP contribution in [0, 0.1) is 0 Å². The first kappa shape index (κ1) is 18.3. The van der Waals surface area contributed by atoms with Crippen molar-refractivity contribution in [3.05, 3.63) is 77.5 Å². The van der Waals surface area contributed by atoms with Crippen LogP contribution in [0.3, 0.4) is 0 Å². The fourth-order valence-corrected chi connectivity index (χ4v) is 3.84. The van der Waals surface area contributed by atoms with Gasteiger partial charge in [-0.3, -0.25) is 4.79 Å². The van der Waals surface area contributed by atoms with E-state index in [0.717, 1.165) is 19.3 Å². The molecule has 1 N–H and O–H groups in total. The number of ether oxygens (including phenoxy) is 1. The van der Waals surface area contributed by atoms with Gasteiger partial charge in [0.25, 0.3) is 5.91 Å². The Morgan fingerprint density at radius 3 is 2.79 bits per heavy atom. The van der Waals surface area contributed by atoms with Crippen molar-refractivity contribution in [1.82, 2.24) is 9.78 Å². The zero-order valence-corrected chi connectivity index (χ0v) is 16.3. The summed E-state index contributed by atoms with van der Waals surface area (Å²) >= 11 is 0. The first-order valence-corrected chi connectivity index (χ1v) is 9.82. The molecule has 1 aromatic heterocycles. The quantitative estimate of drug-likeness (QED) is 0.694. The third-order valence-corrected chi connectivity index (χ3v) is 5.04. The summed E-state index contributed by atoms with van der Waals surface area (Å²) in [4.78, 5) is 13.0. The SMILES string of the molecule is CC(C)Oc1ccccc1C(=O)Nc1ccnn1C1CCCc2ccccc21. The maximum atomic E-state index is 13.0. The molecular weight excluding hydrogens is 350 g/mol. The Balaban J connectivity index is 1.61. The number of carbonyl (C=O) groups is 1. The van der Waals surface area contributed by atoms with Crippen LogP contribution in [-0.4, -0.2) is 21.8 Å². The molecule has 1 aliphatic rings. The summed E-state index contributed by atoms with van der Waals surface area (Å²) in [7, 11) is 0. The number of amides is 1. The maximum absolute atomic E-state index is 13.0. The molecule has 144 valence electrons. The lowest BCUT2D eigenvalue weighted by molar-refractivity contribution is 0.102. The fraction of sp³-hybridized carbons (Fsp3) is 0.304. The molecule has 2 aromatic carbocycles. The monoisotopic (exact) mass is 375 g/mol. The number of carbonyl (C=O) groups excluding carboxylic acids is 1. The minimum atomic E-state index is -0.193. The van der Waals surface area contributed by atoms with E-state index < -0.39 is 0 Å². The molecule has 0 saturated heterocycles. The van der Waals surface area contributed by atoms with Gasteiger partial charge in [-0.2, -0.15) is 5.10 Å².